The molecule has 0 radical (unpaired) electrons. The van der Waals surface area contributed by atoms with E-state index in [2.05, 4.69) is 15.4 Å². The molecule has 0 aromatic heterocycles. The third-order valence-corrected chi connectivity index (χ3v) is 7.67. The SMILES string of the molecule is O=C(O)CCCCCCCCCCCCCCCCCNCCCCCCCCNCCCCCCOC(=O)O. The molecule has 0 bridgehead atoms. The van der Waals surface area contributed by atoms with Gasteiger partial charge in [-0.3, -0.25) is 4.79 Å². The molecule has 0 aliphatic rings. The van der Waals surface area contributed by atoms with Crippen molar-refractivity contribution in [3.8, 4) is 0 Å². The molecule has 238 valence electrons. The predicted molar refractivity (Wildman–Crippen MR) is 167 cm³/mol. The van der Waals surface area contributed by atoms with Gasteiger partial charge in [-0.1, -0.05) is 122 Å². The monoisotopic (exact) mass is 570 g/mol. The van der Waals surface area contributed by atoms with Gasteiger partial charge in [0.1, 0.15) is 0 Å². The number of rotatable bonds is 34. The van der Waals surface area contributed by atoms with Crippen LogP contribution < -0.4 is 10.6 Å². The summed E-state index contributed by atoms with van der Waals surface area (Å²) in [5.74, 6) is -0.660. The Hall–Kier alpha value is -1.34. The molecular weight excluding hydrogens is 504 g/mol. The van der Waals surface area contributed by atoms with Crippen molar-refractivity contribution in [2.45, 2.75) is 167 Å². The van der Waals surface area contributed by atoms with Gasteiger partial charge in [0.2, 0.25) is 0 Å². The number of unbranched alkanes of at least 4 members (excludes halogenated alkanes) is 22. The summed E-state index contributed by atoms with van der Waals surface area (Å²) in [6.45, 7) is 4.86. The maximum absolute atomic E-state index is 10.5. The Morgan fingerprint density at radius 1 is 0.400 bits per heavy atom. The van der Waals surface area contributed by atoms with E-state index in [-0.39, 0.29) is 0 Å². The van der Waals surface area contributed by atoms with Gasteiger partial charge in [0.25, 0.3) is 0 Å². The number of carboxylic acids is 1. The number of hydrogen-bond acceptors (Lipinski definition) is 5. The van der Waals surface area contributed by atoms with Gasteiger partial charge in [-0.15, -0.1) is 0 Å². The summed E-state index contributed by atoms with van der Waals surface area (Å²) in [5.41, 5.74) is 0. The van der Waals surface area contributed by atoms with Crippen molar-refractivity contribution in [2.75, 3.05) is 32.8 Å². The molecule has 0 atom stereocenters. The smallest absolute Gasteiger partial charge is 0.481 e. The zero-order valence-corrected chi connectivity index (χ0v) is 26.0. The minimum Gasteiger partial charge on any atom is -0.481 e. The molecular formula is C33H66N2O5. The first kappa shape index (κ1) is 38.7. The molecule has 0 rings (SSSR count). The Morgan fingerprint density at radius 2 is 0.675 bits per heavy atom. The van der Waals surface area contributed by atoms with Crippen LogP contribution in [0.25, 0.3) is 0 Å². The summed E-state index contributed by atoms with van der Waals surface area (Å²) >= 11 is 0. The fraction of sp³-hybridized carbons (Fsp3) is 0.939. The van der Waals surface area contributed by atoms with E-state index in [1.165, 1.54) is 135 Å². The van der Waals surface area contributed by atoms with Crippen LogP contribution in [0.15, 0.2) is 0 Å². The maximum atomic E-state index is 10.5. The van der Waals surface area contributed by atoms with Gasteiger partial charge in [0.15, 0.2) is 0 Å². The molecule has 40 heavy (non-hydrogen) atoms. The van der Waals surface area contributed by atoms with Crippen LogP contribution in [0.2, 0.25) is 0 Å². The van der Waals surface area contributed by atoms with Crippen LogP contribution in [0.4, 0.5) is 4.79 Å². The number of aliphatic carboxylic acids is 1. The topological polar surface area (TPSA) is 108 Å². The van der Waals surface area contributed by atoms with Crippen molar-refractivity contribution in [1.82, 2.24) is 10.6 Å². The second-order valence-electron chi connectivity index (χ2n) is 11.6. The van der Waals surface area contributed by atoms with Crippen molar-refractivity contribution in [3.05, 3.63) is 0 Å². The van der Waals surface area contributed by atoms with E-state index in [4.69, 9.17) is 10.2 Å². The first-order valence-electron chi connectivity index (χ1n) is 17.1. The third kappa shape index (κ3) is 36.7. The minimum absolute atomic E-state index is 0.324. The summed E-state index contributed by atoms with van der Waals surface area (Å²) in [6.07, 6.45) is 30.8. The molecule has 0 unspecified atom stereocenters. The lowest BCUT2D eigenvalue weighted by Crippen LogP contribution is -2.17. The quantitative estimate of drug-likeness (QED) is 0.0451. The summed E-state index contributed by atoms with van der Waals surface area (Å²) < 4.78 is 4.50. The average molecular weight is 571 g/mol. The summed E-state index contributed by atoms with van der Waals surface area (Å²) in [7, 11) is 0. The van der Waals surface area contributed by atoms with E-state index >= 15 is 0 Å². The molecule has 7 heteroatoms. The number of carbonyl (C=O) groups is 2. The molecule has 0 spiro atoms. The van der Waals surface area contributed by atoms with Gasteiger partial charge >= 0.3 is 12.1 Å². The second kappa shape index (κ2) is 33.9. The first-order valence-corrected chi connectivity index (χ1v) is 17.1. The van der Waals surface area contributed by atoms with Gasteiger partial charge in [0.05, 0.1) is 6.61 Å². The molecule has 0 aliphatic heterocycles. The second-order valence-corrected chi connectivity index (χ2v) is 11.6. The lowest BCUT2D eigenvalue weighted by molar-refractivity contribution is -0.137. The van der Waals surface area contributed by atoms with Crippen molar-refractivity contribution in [1.29, 1.82) is 0 Å². The lowest BCUT2D eigenvalue weighted by atomic mass is 10.0. The van der Waals surface area contributed by atoms with Gasteiger partial charge in [-0.25, -0.2) is 4.79 Å². The highest BCUT2D eigenvalue weighted by Gasteiger charge is 1.98. The highest BCUT2D eigenvalue weighted by Crippen LogP contribution is 2.14. The van der Waals surface area contributed by atoms with E-state index in [0.717, 1.165) is 51.6 Å². The zero-order chi connectivity index (χ0) is 29.2. The molecule has 4 N–H and O–H groups in total. The Bertz CT molecular complexity index is 487. The van der Waals surface area contributed by atoms with E-state index in [1.807, 2.05) is 0 Å². The van der Waals surface area contributed by atoms with Crippen LogP contribution in [0.5, 0.6) is 0 Å². The lowest BCUT2D eigenvalue weighted by Gasteiger charge is -2.06. The molecule has 0 aliphatic carbocycles. The molecule has 0 saturated carbocycles. The fourth-order valence-electron chi connectivity index (χ4n) is 5.15. The Balaban J connectivity index is 3.04. The largest absolute Gasteiger partial charge is 0.505 e. The highest BCUT2D eigenvalue weighted by molar-refractivity contribution is 5.66. The first-order chi connectivity index (χ1) is 19.6. The maximum Gasteiger partial charge on any atom is 0.505 e. The van der Waals surface area contributed by atoms with Crippen molar-refractivity contribution < 1.29 is 24.5 Å². The van der Waals surface area contributed by atoms with Gasteiger partial charge in [0, 0.05) is 6.42 Å². The van der Waals surface area contributed by atoms with Gasteiger partial charge in [-0.05, 0) is 64.7 Å². The van der Waals surface area contributed by atoms with Crippen molar-refractivity contribution in [2.24, 2.45) is 0 Å². The zero-order valence-electron chi connectivity index (χ0n) is 26.0. The van der Waals surface area contributed by atoms with E-state index in [0.29, 0.717) is 13.0 Å². The van der Waals surface area contributed by atoms with E-state index < -0.39 is 12.1 Å². The molecule has 0 amide bonds. The minimum atomic E-state index is -1.17. The fourth-order valence-corrected chi connectivity index (χ4v) is 5.15. The van der Waals surface area contributed by atoms with Crippen LogP contribution in [-0.2, 0) is 9.53 Å². The average Bonchev–Trinajstić information content (AvgIpc) is 2.93. The number of nitrogens with one attached hydrogen (secondary N) is 2. The van der Waals surface area contributed by atoms with Gasteiger partial charge < -0.3 is 25.6 Å². The van der Waals surface area contributed by atoms with Crippen molar-refractivity contribution in [3.63, 3.8) is 0 Å². The Labute approximate surface area is 247 Å². The summed E-state index contributed by atoms with van der Waals surface area (Å²) in [5, 5.41) is 24.2. The van der Waals surface area contributed by atoms with Gasteiger partial charge in [-0.2, -0.15) is 0 Å². The van der Waals surface area contributed by atoms with Crippen LogP contribution in [0.1, 0.15) is 167 Å². The van der Waals surface area contributed by atoms with Crippen molar-refractivity contribution >= 4 is 12.1 Å². The molecule has 7 nitrogen and oxygen atoms in total. The standard InChI is InChI=1S/C33H66N2O5/c36-32(37)26-20-14-10-8-6-4-2-1-3-5-7-9-11-15-21-27-34-28-22-16-12-13-17-23-29-35-30-24-18-19-25-31-40-33(38)39/h34-35H,1-31H2,(H,36,37)(H,38,39). The molecule has 0 saturated heterocycles. The summed E-state index contributed by atoms with van der Waals surface area (Å²) in [6, 6.07) is 0. The van der Waals surface area contributed by atoms with E-state index in [1.54, 1.807) is 0 Å². The molecule has 0 aromatic carbocycles. The van der Waals surface area contributed by atoms with Crippen LogP contribution in [0.3, 0.4) is 0 Å². The van der Waals surface area contributed by atoms with Crippen LogP contribution in [-0.4, -0.2) is 55.1 Å². The summed E-state index contributed by atoms with van der Waals surface area (Å²) in [4.78, 5) is 20.7. The Kier molecular flexibility index (Phi) is 32.7. The molecule has 0 aromatic rings. The molecule has 0 fully saturated rings. The normalized spacial score (nSPS) is 11.2. The number of ether oxygens (including phenoxy) is 1. The van der Waals surface area contributed by atoms with Crippen LogP contribution >= 0.6 is 0 Å². The Morgan fingerprint density at radius 3 is 0.975 bits per heavy atom. The third-order valence-electron chi connectivity index (χ3n) is 7.67. The van der Waals surface area contributed by atoms with E-state index in [9.17, 15) is 9.59 Å². The van der Waals surface area contributed by atoms with Crippen LogP contribution in [0, 0.1) is 0 Å². The molecule has 0 heterocycles. The highest BCUT2D eigenvalue weighted by atomic mass is 16.7. The number of carboxylic acid groups (broad SMARTS) is 2. The number of hydrogen-bond donors (Lipinski definition) is 4. The predicted octanol–water partition coefficient (Wildman–Crippen LogP) is 9.09.